The molecule has 0 aliphatic heterocycles. The van der Waals surface area contributed by atoms with E-state index in [-0.39, 0.29) is 7.43 Å². The van der Waals surface area contributed by atoms with Crippen molar-refractivity contribution in [3.8, 4) is 0 Å². The molecule has 0 heteroatoms. The van der Waals surface area contributed by atoms with E-state index >= 15 is 0 Å². The lowest BCUT2D eigenvalue weighted by atomic mass is 9.84. The lowest BCUT2D eigenvalue weighted by Gasteiger charge is -2.22. The van der Waals surface area contributed by atoms with Crippen LogP contribution in [0.4, 0.5) is 0 Å². The second-order valence-electron chi connectivity index (χ2n) is 9.20. The molecular weight excluding hydrogens is 348 g/mol. The normalized spacial score (nSPS) is 19.5. The van der Waals surface area contributed by atoms with Gasteiger partial charge in [0.1, 0.15) is 0 Å². The van der Waals surface area contributed by atoms with Gasteiger partial charge < -0.3 is 0 Å². The molecule has 0 aromatic heterocycles. The van der Waals surface area contributed by atoms with Crippen LogP contribution in [0.3, 0.4) is 0 Å². The maximum absolute atomic E-state index is 2.37. The molecule has 1 saturated carbocycles. The Kier molecular flexibility index (Phi) is 10.4. The van der Waals surface area contributed by atoms with Gasteiger partial charge in [0.05, 0.1) is 0 Å². The third-order valence-electron chi connectivity index (χ3n) is 6.28. The Bertz CT molecular complexity index is 776. The summed E-state index contributed by atoms with van der Waals surface area (Å²) in [5, 5.41) is 0. The summed E-state index contributed by atoms with van der Waals surface area (Å²) in [6.07, 6.45) is 9.32. The minimum Gasteiger partial charge on any atom is -0.0776 e. The van der Waals surface area contributed by atoms with Crippen molar-refractivity contribution < 1.29 is 0 Å². The lowest BCUT2D eigenvalue weighted by molar-refractivity contribution is 0.308. The Hall–Kier alpha value is -1.82. The highest BCUT2D eigenvalue weighted by Crippen LogP contribution is 2.27. The number of hydrogen-bond acceptors (Lipinski definition) is 0. The van der Waals surface area contributed by atoms with Gasteiger partial charge in [-0.25, -0.2) is 0 Å². The first-order valence-corrected chi connectivity index (χ1v) is 11.1. The highest BCUT2D eigenvalue weighted by atomic mass is 14.2. The van der Waals surface area contributed by atoms with Crippen LogP contribution < -0.4 is 0 Å². The molecule has 0 unspecified atom stereocenters. The zero-order chi connectivity index (χ0) is 20.7. The first kappa shape index (κ1) is 25.2. The maximum Gasteiger partial charge on any atom is -0.00854 e. The van der Waals surface area contributed by atoms with Crippen LogP contribution in [0, 0.1) is 39.5 Å². The number of aryl methyl sites for hydroxylation is 4. The molecule has 2 aliphatic carbocycles. The summed E-state index contributed by atoms with van der Waals surface area (Å²) in [7, 11) is 0. The van der Waals surface area contributed by atoms with Crippen LogP contribution in [0.25, 0.3) is 5.57 Å². The van der Waals surface area contributed by atoms with Gasteiger partial charge >= 0.3 is 0 Å². The van der Waals surface area contributed by atoms with Crippen molar-refractivity contribution in [3.63, 3.8) is 0 Å². The molecule has 0 nitrogen and oxygen atoms in total. The molecule has 0 bridgehead atoms. The monoisotopic (exact) mass is 392 g/mol. The van der Waals surface area contributed by atoms with Gasteiger partial charge in [0, 0.05) is 0 Å². The number of rotatable bonds is 0. The third-order valence-corrected chi connectivity index (χ3v) is 6.28. The Balaban J connectivity index is 0.000000217. The number of fused-ring (bicyclic) bond motifs is 1. The van der Waals surface area contributed by atoms with E-state index in [2.05, 4.69) is 90.9 Å². The first-order valence-electron chi connectivity index (χ1n) is 11.1. The fourth-order valence-corrected chi connectivity index (χ4v) is 3.97. The smallest absolute Gasteiger partial charge is 0.00854 e. The van der Waals surface area contributed by atoms with Crippen molar-refractivity contribution >= 4 is 5.57 Å². The predicted molar refractivity (Wildman–Crippen MR) is 133 cm³/mol. The second-order valence-corrected chi connectivity index (χ2v) is 9.20. The van der Waals surface area contributed by atoms with Gasteiger partial charge in [-0.3, -0.25) is 0 Å². The van der Waals surface area contributed by atoms with E-state index in [0.29, 0.717) is 0 Å². The Labute approximate surface area is 181 Å². The van der Waals surface area contributed by atoms with Crippen LogP contribution in [0.5, 0.6) is 0 Å². The molecule has 2 aliphatic rings. The van der Waals surface area contributed by atoms with Crippen LogP contribution in [0.15, 0.2) is 42.5 Å². The Morgan fingerprint density at radius 2 is 1.17 bits per heavy atom. The standard InChI is InChI=1S/C11H12.C9H12.C8H16.CH4/c1-8-3-6-11-9(2)4-5-10(11)7-8;1-7-4-5-8(2)9(3)6-7;1-7-3-5-8(2)6-4-7;/h3-4,6-7H,5H2,1-2H3;4-6H,1-3H3;7-8H,3-6H2,1-2H3;1H4. The summed E-state index contributed by atoms with van der Waals surface area (Å²) in [5.41, 5.74) is 9.83. The fraction of sp³-hybridized carbons (Fsp3) is 0.517. The third kappa shape index (κ3) is 8.21. The highest BCUT2D eigenvalue weighted by molar-refractivity contribution is 5.71. The van der Waals surface area contributed by atoms with E-state index in [1.807, 2.05) is 0 Å². The quantitative estimate of drug-likeness (QED) is 0.419. The minimum absolute atomic E-state index is 0. The average Bonchev–Trinajstić information content (AvgIpc) is 3.02. The van der Waals surface area contributed by atoms with Crippen molar-refractivity contribution in [2.75, 3.05) is 0 Å². The van der Waals surface area contributed by atoms with Crippen LogP contribution in [-0.2, 0) is 6.42 Å². The molecule has 0 spiro atoms. The van der Waals surface area contributed by atoms with Gasteiger partial charge in [-0.05, 0) is 80.7 Å². The predicted octanol–water partition coefficient (Wildman–Crippen LogP) is 9.03. The van der Waals surface area contributed by atoms with E-state index in [4.69, 9.17) is 0 Å². The summed E-state index contributed by atoms with van der Waals surface area (Å²) >= 11 is 0. The van der Waals surface area contributed by atoms with Crippen molar-refractivity contribution in [1.29, 1.82) is 0 Å². The summed E-state index contributed by atoms with van der Waals surface area (Å²) < 4.78 is 0. The minimum atomic E-state index is 0. The molecule has 2 aromatic carbocycles. The van der Waals surface area contributed by atoms with Gasteiger partial charge in [0.2, 0.25) is 0 Å². The van der Waals surface area contributed by atoms with Gasteiger partial charge in [-0.2, -0.15) is 0 Å². The largest absolute Gasteiger partial charge is 0.0776 e. The molecular formula is C29H44. The zero-order valence-electron chi connectivity index (χ0n) is 19.2. The molecule has 2 aromatic rings. The van der Waals surface area contributed by atoms with Gasteiger partial charge in [0.15, 0.2) is 0 Å². The summed E-state index contributed by atoms with van der Waals surface area (Å²) in [6.45, 7) is 15.5. The Morgan fingerprint density at radius 1 is 0.655 bits per heavy atom. The molecule has 0 saturated heterocycles. The SMILES string of the molecule is C.CC1=CCc2cc(C)ccc21.CC1CCC(C)CC1.Cc1ccc(C)c(C)c1. The molecule has 0 heterocycles. The highest BCUT2D eigenvalue weighted by Gasteiger charge is 2.13. The second kappa shape index (κ2) is 12.0. The number of hydrogen-bond donors (Lipinski definition) is 0. The fourth-order valence-electron chi connectivity index (χ4n) is 3.97. The topological polar surface area (TPSA) is 0 Å². The summed E-state index contributed by atoms with van der Waals surface area (Å²) in [5.74, 6) is 2.04. The van der Waals surface area contributed by atoms with Crippen molar-refractivity contribution in [2.24, 2.45) is 11.8 Å². The summed E-state index contributed by atoms with van der Waals surface area (Å²) in [6, 6.07) is 13.2. The summed E-state index contributed by atoms with van der Waals surface area (Å²) in [4.78, 5) is 0. The van der Waals surface area contributed by atoms with Crippen LogP contribution in [0.1, 0.15) is 87.3 Å². The van der Waals surface area contributed by atoms with Crippen molar-refractivity contribution in [2.45, 2.75) is 88.0 Å². The van der Waals surface area contributed by atoms with Crippen LogP contribution in [-0.4, -0.2) is 0 Å². The molecule has 0 radical (unpaired) electrons. The lowest BCUT2D eigenvalue weighted by Crippen LogP contribution is -2.08. The zero-order valence-corrected chi connectivity index (χ0v) is 19.2. The average molecular weight is 393 g/mol. The van der Waals surface area contributed by atoms with Gasteiger partial charge in [0.25, 0.3) is 0 Å². The van der Waals surface area contributed by atoms with E-state index < -0.39 is 0 Å². The van der Waals surface area contributed by atoms with Gasteiger partial charge in [-0.15, -0.1) is 0 Å². The van der Waals surface area contributed by atoms with Crippen molar-refractivity contribution in [3.05, 3.63) is 75.9 Å². The number of allylic oxidation sites excluding steroid dienone is 2. The maximum atomic E-state index is 2.37. The van der Waals surface area contributed by atoms with Crippen molar-refractivity contribution in [1.82, 2.24) is 0 Å². The molecule has 0 atom stereocenters. The van der Waals surface area contributed by atoms with E-state index in [1.54, 1.807) is 0 Å². The molecule has 29 heavy (non-hydrogen) atoms. The molecule has 160 valence electrons. The Morgan fingerprint density at radius 3 is 1.69 bits per heavy atom. The van der Waals surface area contributed by atoms with Crippen LogP contribution >= 0.6 is 0 Å². The van der Waals surface area contributed by atoms with E-state index in [0.717, 1.165) is 18.3 Å². The van der Waals surface area contributed by atoms with E-state index in [1.165, 1.54) is 64.6 Å². The number of benzene rings is 2. The first-order chi connectivity index (χ1) is 13.3. The molecule has 0 amide bonds. The van der Waals surface area contributed by atoms with Gasteiger partial charge in [-0.1, -0.05) is 101 Å². The van der Waals surface area contributed by atoms with E-state index in [9.17, 15) is 0 Å². The van der Waals surface area contributed by atoms with Crippen LogP contribution in [0.2, 0.25) is 0 Å². The molecule has 1 fully saturated rings. The molecule has 4 rings (SSSR count). The molecule has 0 N–H and O–H groups in total.